The van der Waals surface area contributed by atoms with E-state index in [4.69, 9.17) is 11.3 Å². The van der Waals surface area contributed by atoms with Crippen LogP contribution in [0.15, 0.2) is 11.9 Å². The number of amides is 3. The normalized spacial score (nSPS) is 14.8. The number of ether oxygens (including phenoxy) is 1. The first-order valence-electron chi connectivity index (χ1n) is 8.84. The summed E-state index contributed by atoms with van der Waals surface area (Å²) in [4.78, 5) is 40.4. The molecule has 7 heteroatoms. The van der Waals surface area contributed by atoms with Gasteiger partial charge in [-0.2, -0.15) is 0 Å². The van der Waals surface area contributed by atoms with Crippen LogP contribution in [0.2, 0.25) is 0 Å². The van der Waals surface area contributed by atoms with Crippen LogP contribution in [-0.4, -0.2) is 47.9 Å². The largest absolute Gasteiger partial charge is 0.471 e. The van der Waals surface area contributed by atoms with Gasteiger partial charge in [0.25, 0.3) is 11.6 Å². The fraction of sp³-hybridized carbons (Fsp3) is 0.667. The molecule has 0 aliphatic carbocycles. The van der Waals surface area contributed by atoms with E-state index in [1.165, 1.54) is 44.1 Å². The number of nitrogens with zero attached hydrogens (tertiary/aromatic N) is 3. The molecular formula is C18H27N3O4. The maximum Gasteiger partial charge on any atom is 0.337 e. The van der Waals surface area contributed by atoms with Gasteiger partial charge in [-0.05, 0) is 6.42 Å². The Morgan fingerprint density at radius 1 is 1.16 bits per heavy atom. The highest BCUT2D eigenvalue weighted by atomic mass is 16.5. The van der Waals surface area contributed by atoms with Crippen molar-refractivity contribution in [3.8, 4) is 0 Å². The quantitative estimate of drug-likeness (QED) is 0.189. The molecule has 1 aliphatic rings. The summed E-state index contributed by atoms with van der Waals surface area (Å²) in [6, 6.07) is -0.554. The molecule has 138 valence electrons. The molecule has 0 saturated carbocycles. The van der Waals surface area contributed by atoms with E-state index < -0.39 is 17.9 Å². The molecule has 25 heavy (non-hydrogen) atoms. The van der Waals surface area contributed by atoms with Crippen LogP contribution in [0, 0.1) is 6.57 Å². The summed E-state index contributed by atoms with van der Waals surface area (Å²) < 4.78 is 5.06. The topological polar surface area (TPSA) is 71.3 Å². The van der Waals surface area contributed by atoms with E-state index in [0.29, 0.717) is 0 Å². The van der Waals surface area contributed by atoms with Crippen molar-refractivity contribution in [2.24, 2.45) is 0 Å². The van der Waals surface area contributed by atoms with Crippen molar-refractivity contribution < 1.29 is 19.1 Å². The number of esters is 1. The molecule has 1 aliphatic heterocycles. The van der Waals surface area contributed by atoms with Crippen LogP contribution >= 0.6 is 0 Å². The maximum atomic E-state index is 11.9. The molecule has 0 spiro atoms. The van der Waals surface area contributed by atoms with Gasteiger partial charge in [0.1, 0.15) is 6.54 Å². The second-order valence-corrected chi connectivity index (χ2v) is 6.14. The van der Waals surface area contributed by atoms with Crippen LogP contribution < -0.4 is 0 Å². The lowest BCUT2D eigenvalue weighted by Gasteiger charge is -2.10. The molecule has 0 radical (unpaired) electrons. The molecule has 0 aromatic carbocycles. The minimum atomic E-state index is -0.798. The molecule has 7 nitrogen and oxygen atoms in total. The first-order chi connectivity index (χ1) is 12.0. The second kappa shape index (κ2) is 11.2. The number of hydrogen-bond acceptors (Lipinski definition) is 4. The number of carbonyl (C=O) groups is 3. The average Bonchev–Trinajstić information content (AvgIpc) is 2.83. The van der Waals surface area contributed by atoms with Gasteiger partial charge in [-0.1, -0.05) is 51.9 Å². The van der Waals surface area contributed by atoms with Gasteiger partial charge in [-0.15, -0.1) is 0 Å². The molecule has 0 bridgehead atoms. The summed E-state index contributed by atoms with van der Waals surface area (Å²) in [6.45, 7) is 9.42. The van der Waals surface area contributed by atoms with Crippen LogP contribution in [0.25, 0.3) is 4.85 Å². The van der Waals surface area contributed by atoms with Crippen LogP contribution in [0.1, 0.15) is 58.3 Å². The fourth-order valence-corrected chi connectivity index (χ4v) is 2.49. The first kappa shape index (κ1) is 20.7. The van der Waals surface area contributed by atoms with Crippen LogP contribution in [0.4, 0.5) is 4.79 Å². The van der Waals surface area contributed by atoms with Crippen molar-refractivity contribution in [2.45, 2.75) is 58.3 Å². The van der Waals surface area contributed by atoms with Gasteiger partial charge in [0, 0.05) is 13.2 Å². The molecule has 0 N–H and O–H groups in total. The van der Waals surface area contributed by atoms with E-state index in [9.17, 15) is 14.4 Å². The number of carbonyl (C=O) groups excluding carboxylic acids is 3. The summed E-state index contributed by atoms with van der Waals surface area (Å²) in [5.41, 5.74) is -0.364. The lowest BCUT2D eigenvalue weighted by molar-refractivity contribution is -0.138. The molecule has 3 amide bonds. The van der Waals surface area contributed by atoms with Gasteiger partial charge in [-0.25, -0.2) is 14.5 Å². The third kappa shape index (κ3) is 6.96. The lowest BCUT2D eigenvalue weighted by Crippen LogP contribution is -2.27. The van der Waals surface area contributed by atoms with E-state index in [-0.39, 0.29) is 18.8 Å². The highest BCUT2D eigenvalue weighted by Gasteiger charge is 2.33. The van der Waals surface area contributed by atoms with Crippen LogP contribution in [-0.2, 0) is 14.3 Å². The van der Waals surface area contributed by atoms with Gasteiger partial charge in [0.15, 0.2) is 0 Å². The molecule has 0 aromatic heterocycles. The number of likely N-dealkylation sites (N-methyl/N-ethyl adjacent to an activating group) is 1. The summed E-state index contributed by atoms with van der Waals surface area (Å²) in [5, 5.41) is 0. The van der Waals surface area contributed by atoms with E-state index in [1.54, 1.807) is 0 Å². The Morgan fingerprint density at radius 3 is 2.28 bits per heavy atom. The fourth-order valence-electron chi connectivity index (χ4n) is 2.49. The van der Waals surface area contributed by atoms with Gasteiger partial charge >= 0.3 is 12.0 Å². The number of unbranched alkanes of at least 4 members (excludes halogenated alkanes) is 7. The highest BCUT2D eigenvalue weighted by Crippen LogP contribution is 2.13. The monoisotopic (exact) mass is 349 g/mol. The van der Waals surface area contributed by atoms with Gasteiger partial charge < -0.3 is 9.64 Å². The highest BCUT2D eigenvalue weighted by molar-refractivity contribution is 6.04. The van der Waals surface area contributed by atoms with Crippen molar-refractivity contribution in [1.82, 2.24) is 9.80 Å². The Kier molecular flexibility index (Phi) is 9.30. The van der Waals surface area contributed by atoms with E-state index in [2.05, 4.69) is 11.8 Å². The number of imide groups is 1. The zero-order valence-corrected chi connectivity index (χ0v) is 15.1. The molecule has 1 heterocycles. The summed E-state index contributed by atoms with van der Waals surface area (Å²) in [7, 11) is 1.48. The number of hydrogen-bond donors (Lipinski definition) is 0. The molecule has 1 fully saturated rings. The van der Waals surface area contributed by atoms with Crippen molar-refractivity contribution in [1.29, 1.82) is 0 Å². The Hall–Kier alpha value is -2.36. The predicted molar refractivity (Wildman–Crippen MR) is 93.1 cm³/mol. The molecule has 1 rings (SSSR count). The first-order valence-corrected chi connectivity index (χ1v) is 8.84. The smallest absolute Gasteiger partial charge is 0.337 e. The maximum absolute atomic E-state index is 11.9. The Labute approximate surface area is 149 Å². The molecule has 1 saturated heterocycles. The zero-order valence-electron chi connectivity index (χ0n) is 15.1. The molecule has 0 atom stereocenters. The van der Waals surface area contributed by atoms with Crippen LogP contribution in [0.3, 0.4) is 0 Å². The summed E-state index contributed by atoms with van der Waals surface area (Å²) >= 11 is 0. The minimum absolute atomic E-state index is 0.0616. The standard InChI is InChI=1S/C18H27N3O4/c1-4-5-6-7-8-9-10-11-12-25-17(23)15(19-2)13-21-16(22)14-20(3)18(21)24/h13H,4-12,14H2,1,3H3/b15-13-. The number of rotatable bonds is 11. The average molecular weight is 349 g/mol. The third-order valence-corrected chi connectivity index (χ3v) is 3.99. The van der Waals surface area contributed by atoms with Crippen molar-refractivity contribution >= 4 is 17.9 Å². The Morgan fingerprint density at radius 2 is 1.76 bits per heavy atom. The lowest BCUT2D eigenvalue weighted by atomic mass is 10.1. The summed E-state index contributed by atoms with van der Waals surface area (Å²) in [6.07, 6.45) is 10.0. The van der Waals surface area contributed by atoms with E-state index in [0.717, 1.165) is 30.4 Å². The summed E-state index contributed by atoms with van der Waals surface area (Å²) in [5.74, 6) is -1.27. The van der Waals surface area contributed by atoms with Crippen LogP contribution in [0.5, 0.6) is 0 Å². The zero-order chi connectivity index (χ0) is 18.7. The third-order valence-electron chi connectivity index (χ3n) is 3.99. The van der Waals surface area contributed by atoms with Gasteiger partial charge in [0.2, 0.25) is 0 Å². The van der Waals surface area contributed by atoms with Gasteiger partial charge in [-0.3, -0.25) is 9.59 Å². The second-order valence-electron chi connectivity index (χ2n) is 6.14. The Bertz CT molecular complexity index is 551. The SMILES string of the molecule is [C-]#[N+]/C(=C\N1C(=O)CN(C)C1=O)C(=O)OCCCCCCCCCC. The Balaban J connectivity index is 2.30. The van der Waals surface area contributed by atoms with Crippen molar-refractivity contribution in [3.63, 3.8) is 0 Å². The number of urea groups is 1. The minimum Gasteiger partial charge on any atom is -0.471 e. The molecule has 0 unspecified atom stereocenters. The van der Waals surface area contributed by atoms with Crippen molar-refractivity contribution in [2.75, 3.05) is 20.2 Å². The van der Waals surface area contributed by atoms with E-state index in [1.807, 2.05) is 0 Å². The van der Waals surface area contributed by atoms with Crippen molar-refractivity contribution in [3.05, 3.63) is 23.3 Å². The predicted octanol–water partition coefficient (Wildman–Crippen LogP) is 3.32. The molecule has 0 aromatic rings. The van der Waals surface area contributed by atoms with Gasteiger partial charge in [0.05, 0.1) is 13.2 Å². The molecular weight excluding hydrogens is 322 g/mol. The van der Waals surface area contributed by atoms with E-state index >= 15 is 0 Å².